The fraction of sp³-hybridized carbons (Fsp3) is 0.222. The average molecular weight is 229 g/mol. The molecule has 0 unspecified atom stereocenters. The van der Waals surface area contributed by atoms with E-state index in [-0.39, 0.29) is 4.69 Å². The van der Waals surface area contributed by atoms with Crippen LogP contribution in [0.5, 0.6) is 5.75 Å². The predicted molar refractivity (Wildman–Crippen MR) is 50.9 cm³/mol. The maximum atomic E-state index is 10.8. The largest absolute Gasteiger partial charge is 0.494 e. The zero-order chi connectivity index (χ0) is 8.97. The summed E-state index contributed by atoms with van der Waals surface area (Å²) in [5, 5.41) is 0. The molecule has 0 spiro atoms. The third kappa shape index (κ3) is 2.34. The van der Waals surface area contributed by atoms with Gasteiger partial charge in [-0.3, -0.25) is 4.79 Å². The zero-order valence-corrected chi connectivity index (χ0v) is 8.30. The van der Waals surface area contributed by atoms with Gasteiger partial charge in [-0.2, -0.15) is 0 Å². The van der Waals surface area contributed by atoms with Gasteiger partial charge in [0.15, 0.2) is 0 Å². The van der Waals surface area contributed by atoms with Gasteiger partial charge in [-0.1, -0.05) is 0 Å². The first kappa shape index (κ1) is 9.26. The van der Waals surface area contributed by atoms with Crippen LogP contribution in [0.1, 0.15) is 17.3 Å². The first-order chi connectivity index (χ1) is 5.74. The Morgan fingerprint density at radius 2 is 2.00 bits per heavy atom. The van der Waals surface area contributed by atoms with Crippen molar-refractivity contribution in [1.29, 1.82) is 0 Å². The molecule has 3 heteroatoms. The minimum absolute atomic E-state index is 0.106. The first-order valence-electron chi connectivity index (χ1n) is 3.66. The second kappa shape index (κ2) is 4.26. The van der Waals surface area contributed by atoms with Crippen LogP contribution in [0, 0.1) is 0 Å². The Bertz CT molecular complexity index is 266. The maximum Gasteiger partial charge on any atom is 0.228 e. The highest BCUT2D eigenvalue weighted by Gasteiger charge is 1.99. The van der Waals surface area contributed by atoms with E-state index in [4.69, 9.17) is 4.74 Å². The highest BCUT2D eigenvalue weighted by atomic mass is 79.9. The fourth-order valence-corrected chi connectivity index (χ4v) is 1.11. The molecule has 0 aliphatic carbocycles. The van der Waals surface area contributed by atoms with E-state index >= 15 is 0 Å². The molecule has 0 amide bonds. The molecule has 0 aromatic heterocycles. The van der Waals surface area contributed by atoms with E-state index in [2.05, 4.69) is 15.9 Å². The van der Waals surface area contributed by atoms with Gasteiger partial charge in [0.2, 0.25) is 4.69 Å². The molecule has 0 aliphatic rings. The van der Waals surface area contributed by atoms with Crippen LogP contribution in [0.4, 0.5) is 0 Å². The van der Waals surface area contributed by atoms with Crippen molar-refractivity contribution in [2.75, 3.05) is 6.61 Å². The van der Waals surface area contributed by atoms with Crippen molar-refractivity contribution in [3.8, 4) is 5.75 Å². The van der Waals surface area contributed by atoms with Crippen molar-refractivity contribution in [2.45, 2.75) is 6.92 Å². The Morgan fingerprint density at radius 1 is 1.42 bits per heavy atom. The average Bonchev–Trinajstić information content (AvgIpc) is 2.06. The summed E-state index contributed by atoms with van der Waals surface area (Å²) >= 11 is 2.87. The van der Waals surface area contributed by atoms with Crippen LogP contribution in [0.15, 0.2) is 24.3 Å². The normalized spacial score (nSPS) is 9.50. The summed E-state index contributed by atoms with van der Waals surface area (Å²) in [6, 6.07) is 7.00. The highest BCUT2D eigenvalue weighted by Crippen LogP contribution is 2.13. The molecule has 2 nitrogen and oxygen atoms in total. The number of hydrogen-bond donors (Lipinski definition) is 0. The van der Waals surface area contributed by atoms with E-state index in [1.807, 2.05) is 6.92 Å². The second-order valence-corrected chi connectivity index (χ2v) is 2.95. The Labute approximate surface area is 79.7 Å². The monoisotopic (exact) mass is 228 g/mol. The Hall–Kier alpha value is -0.830. The van der Waals surface area contributed by atoms with Gasteiger partial charge in [-0.15, -0.1) is 0 Å². The van der Waals surface area contributed by atoms with E-state index in [9.17, 15) is 4.79 Å². The molecular weight excluding hydrogens is 220 g/mol. The van der Waals surface area contributed by atoms with Gasteiger partial charge >= 0.3 is 0 Å². The second-order valence-electron chi connectivity index (χ2n) is 2.23. The lowest BCUT2D eigenvalue weighted by molar-refractivity contribution is 0.109. The third-order valence-electron chi connectivity index (χ3n) is 1.39. The van der Waals surface area contributed by atoms with Crippen molar-refractivity contribution in [1.82, 2.24) is 0 Å². The summed E-state index contributed by atoms with van der Waals surface area (Å²) in [4.78, 5) is 10.8. The summed E-state index contributed by atoms with van der Waals surface area (Å²) in [7, 11) is 0. The predicted octanol–water partition coefficient (Wildman–Crippen LogP) is 2.62. The highest BCUT2D eigenvalue weighted by molar-refractivity contribution is 9.18. The number of hydrogen-bond acceptors (Lipinski definition) is 2. The molecule has 0 saturated heterocycles. The van der Waals surface area contributed by atoms with E-state index in [1.54, 1.807) is 24.3 Å². The summed E-state index contributed by atoms with van der Waals surface area (Å²) in [6.45, 7) is 2.56. The van der Waals surface area contributed by atoms with Crippen LogP contribution in [0.2, 0.25) is 0 Å². The van der Waals surface area contributed by atoms with E-state index < -0.39 is 0 Å². The SMILES string of the molecule is CCOc1ccc(C(=O)Br)cc1. The van der Waals surface area contributed by atoms with Crippen molar-refractivity contribution < 1.29 is 9.53 Å². The molecule has 0 heterocycles. The van der Waals surface area contributed by atoms with Crippen LogP contribution >= 0.6 is 15.9 Å². The number of ether oxygens (including phenoxy) is 1. The summed E-state index contributed by atoms with van der Waals surface area (Å²) in [5.41, 5.74) is 0.637. The minimum Gasteiger partial charge on any atom is -0.494 e. The van der Waals surface area contributed by atoms with Gasteiger partial charge in [-0.05, 0) is 47.1 Å². The lowest BCUT2D eigenvalue weighted by atomic mass is 10.2. The van der Waals surface area contributed by atoms with Gasteiger partial charge in [0.25, 0.3) is 0 Å². The molecule has 64 valence electrons. The standard InChI is InChI=1S/C9H9BrO2/c1-2-12-8-5-3-7(4-6-8)9(10)11/h3-6H,2H2,1H3. The smallest absolute Gasteiger partial charge is 0.228 e. The first-order valence-corrected chi connectivity index (χ1v) is 4.46. The molecule has 0 saturated carbocycles. The van der Waals surface area contributed by atoms with Gasteiger partial charge < -0.3 is 4.74 Å². The molecule has 12 heavy (non-hydrogen) atoms. The molecule has 1 aromatic carbocycles. The van der Waals surface area contributed by atoms with Crippen LogP contribution < -0.4 is 4.74 Å². The van der Waals surface area contributed by atoms with Crippen molar-refractivity contribution in [2.24, 2.45) is 0 Å². The van der Waals surface area contributed by atoms with Crippen molar-refractivity contribution in [3.63, 3.8) is 0 Å². The van der Waals surface area contributed by atoms with Crippen molar-refractivity contribution in [3.05, 3.63) is 29.8 Å². The van der Waals surface area contributed by atoms with Gasteiger partial charge in [-0.25, -0.2) is 0 Å². The lowest BCUT2D eigenvalue weighted by Gasteiger charge is -2.01. The van der Waals surface area contributed by atoms with Crippen LogP contribution in [-0.4, -0.2) is 11.3 Å². The van der Waals surface area contributed by atoms with Crippen molar-refractivity contribution >= 4 is 20.6 Å². The third-order valence-corrected chi connectivity index (χ3v) is 1.85. The van der Waals surface area contributed by atoms with E-state index in [0.717, 1.165) is 5.75 Å². The molecule has 0 atom stereocenters. The summed E-state index contributed by atoms with van der Waals surface area (Å²) in [6.07, 6.45) is 0. The molecule has 0 radical (unpaired) electrons. The van der Waals surface area contributed by atoms with E-state index in [1.165, 1.54) is 0 Å². The molecule has 0 N–H and O–H groups in total. The molecule has 0 bridgehead atoms. The molecular formula is C9H9BrO2. The van der Waals surface area contributed by atoms with Crippen LogP contribution in [0.25, 0.3) is 0 Å². The maximum absolute atomic E-state index is 10.8. The quantitative estimate of drug-likeness (QED) is 0.744. The fourth-order valence-electron chi connectivity index (χ4n) is 0.849. The van der Waals surface area contributed by atoms with Crippen LogP contribution in [0.3, 0.4) is 0 Å². The van der Waals surface area contributed by atoms with Gasteiger partial charge in [0.1, 0.15) is 5.75 Å². The number of rotatable bonds is 3. The van der Waals surface area contributed by atoms with E-state index in [0.29, 0.717) is 12.2 Å². The number of carbonyl (C=O) groups excluding carboxylic acids is 1. The summed E-state index contributed by atoms with van der Waals surface area (Å²) in [5.74, 6) is 0.787. The molecule has 1 aromatic rings. The Morgan fingerprint density at radius 3 is 2.42 bits per heavy atom. The Balaban J connectivity index is 2.78. The van der Waals surface area contributed by atoms with Gasteiger partial charge in [0, 0.05) is 5.56 Å². The number of benzene rings is 1. The lowest BCUT2D eigenvalue weighted by Crippen LogP contribution is -1.92. The minimum atomic E-state index is -0.106. The topological polar surface area (TPSA) is 26.3 Å². The summed E-state index contributed by atoms with van der Waals surface area (Å²) < 4.78 is 5.11. The zero-order valence-electron chi connectivity index (χ0n) is 6.71. The number of carbonyl (C=O) groups is 1. The molecule has 1 rings (SSSR count). The molecule has 0 aliphatic heterocycles. The number of halogens is 1. The van der Waals surface area contributed by atoms with Gasteiger partial charge in [0.05, 0.1) is 6.61 Å². The van der Waals surface area contributed by atoms with Crippen LogP contribution in [-0.2, 0) is 0 Å². The Kier molecular flexibility index (Phi) is 3.29. The molecule has 0 fully saturated rings.